The van der Waals surface area contributed by atoms with Crippen molar-refractivity contribution in [1.29, 1.82) is 0 Å². The highest BCUT2D eigenvalue weighted by atomic mass is 32.2. The molecule has 0 fully saturated rings. The van der Waals surface area contributed by atoms with Gasteiger partial charge in [0.05, 0.1) is 5.56 Å². The van der Waals surface area contributed by atoms with Gasteiger partial charge in [0.25, 0.3) is 0 Å². The van der Waals surface area contributed by atoms with Crippen molar-refractivity contribution < 1.29 is 13.2 Å². The summed E-state index contributed by atoms with van der Waals surface area (Å²) >= 11 is 1.85. The van der Waals surface area contributed by atoms with Crippen LogP contribution in [0, 0.1) is 0 Å². The molecule has 0 aliphatic carbocycles. The summed E-state index contributed by atoms with van der Waals surface area (Å²) in [6.07, 6.45) is 1.39. The van der Waals surface area contributed by atoms with E-state index in [2.05, 4.69) is 11.6 Å². The first-order valence-electron chi connectivity index (χ1n) is 6.40. The first-order valence-corrected chi connectivity index (χ1v) is 7.79. The molecule has 0 aliphatic rings. The maximum Gasteiger partial charge on any atom is 0.416 e. The van der Waals surface area contributed by atoms with Crippen LogP contribution in [0.2, 0.25) is 0 Å². The Morgan fingerprint density at radius 2 is 1.74 bits per heavy atom. The van der Waals surface area contributed by atoms with E-state index in [1.54, 1.807) is 0 Å². The number of alkyl halides is 3. The summed E-state index contributed by atoms with van der Waals surface area (Å²) in [5.41, 5.74) is 0.297. The van der Waals surface area contributed by atoms with Crippen LogP contribution in [0.3, 0.4) is 0 Å². The summed E-state index contributed by atoms with van der Waals surface area (Å²) in [7, 11) is 0. The number of hydrogen-bond donors (Lipinski definition) is 1. The van der Waals surface area contributed by atoms with Crippen LogP contribution in [-0.4, -0.2) is 18.6 Å². The summed E-state index contributed by atoms with van der Waals surface area (Å²) in [5, 5.41) is 3.25. The third-order valence-electron chi connectivity index (χ3n) is 2.81. The zero-order valence-corrected chi connectivity index (χ0v) is 11.9. The highest BCUT2D eigenvalue weighted by Crippen LogP contribution is 2.28. The van der Waals surface area contributed by atoms with Crippen molar-refractivity contribution in [3.8, 4) is 0 Å². The molecule has 0 heterocycles. The molecule has 1 rings (SSSR count). The van der Waals surface area contributed by atoms with Crippen molar-refractivity contribution in [3.63, 3.8) is 0 Å². The van der Waals surface area contributed by atoms with E-state index in [0.29, 0.717) is 6.54 Å². The lowest BCUT2D eigenvalue weighted by atomic mass is 10.1. The fourth-order valence-corrected chi connectivity index (χ4v) is 2.21. The molecule has 0 unspecified atom stereocenters. The van der Waals surface area contributed by atoms with Crippen LogP contribution in [0.25, 0.3) is 0 Å². The molecule has 0 bridgehead atoms. The van der Waals surface area contributed by atoms with E-state index in [0.717, 1.165) is 30.7 Å². The van der Waals surface area contributed by atoms with Gasteiger partial charge < -0.3 is 5.32 Å². The number of halogens is 3. The second kappa shape index (κ2) is 8.48. The quantitative estimate of drug-likeness (QED) is 0.716. The standard InChI is InChI=1S/C14H20F3NS/c1-19-10-4-2-3-9-18-11-12-5-7-13(8-6-12)14(15,16)17/h5-8,18H,2-4,9-11H2,1H3. The van der Waals surface area contributed by atoms with Crippen molar-refractivity contribution in [2.75, 3.05) is 18.6 Å². The maximum absolute atomic E-state index is 12.4. The van der Waals surface area contributed by atoms with Gasteiger partial charge in [-0.25, -0.2) is 0 Å². The third-order valence-corrected chi connectivity index (χ3v) is 3.51. The molecular formula is C14H20F3NS. The number of thioether (sulfide) groups is 1. The molecule has 0 radical (unpaired) electrons. The number of rotatable bonds is 8. The first-order chi connectivity index (χ1) is 9.04. The smallest absolute Gasteiger partial charge is 0.313 e. The molecular weight excluding hydrogens is 271 g/mol. The Bertz CT molecular complexity index is 349. The van der Waals surface area contributed by atoms with Gasteiger partial charge in [0, 0.05) is 6.54 Å². The lowest BCUT2D eigenvalue weighted by Crippen LogP contribution is -2.15. The van der Waals surface area contributed by atoms with Crippen molar-refractivity contribution in [2.24, 2.45) is 0 Å². The first kappa shape index (κ1) is 16.4. The molecule has 1 nitrogen and oxygen atoms in total. The number of benzene rings is 1. The monoisotopic (exact) mass is 291 g/mol. The van der Waals surface area contributed by atoms with Gasteiger partial charge in [-0.2, -0.15) is 24.9 Å². The lowest BCUT2D eigenvalue weighted by molar-refractivity contribution is -0.137. The van der Waals surface area contributed by atoms with Crippen LogP contribution in [0.1, 0.15) is 30.4 Å². The summed E-state index contributed by atoms with van der Waals surface area (Å²) < 4.78 is 37.1. The van der Waals surface area contributed by atoms with E-state index < -0.39 is 11.7 Å². The SMILES string of the molecule is CSCCCCCNCc1ccc(C(F)(F)F)cc1. The topological polar surface area (TPSA) is 12.0 Å². The highest BCUT2D eigenvalue weighted by Gasteiger charge is 2.29. The van der Waals surface area contributed by atoms with Crippen molar-refractivity contribution >= 4 is 11.8 Å². The molecule has 0 aliphatic heterocycles. The second-order valence-corrected chi connectivity index (χ2v) is 5.41. The van der Waals surface area contributed by atoms with Gasteiger partial charge in [0.15, 0.2) is 0 Å². The summed E-state index contributed by atoms with van der Waals surface area (Å²) in [5.74, 6) is 1.19. The Labute approximate surface area is 117 Å². The highest BCUT2D eigenvalue weighted by molar-refractivity contribution is 7.98. The van der Waals surface area contributed by atoms with Gasteiger partial charge in [-0.3, -0.25) is 0 Å². The van der Waals surface area contributed by atoms with Crippen molar-refractivity contribution in [1.82, 2.24) is 5.32 Å². The summed E-state index contributed by atoms with van der Waals surface area (Å²) in [6, 6.07) is 5.33. The van der Waals surface area contributed by atoms with E-state index in [1.165, 1.54) is 30.7 Å². The Balaban J connectivity index is 2.20. The van der Waals surface area contributed by atoms with Gasteiger partial charge in [0.2, 0.25) is 0 Å². The van der Waals surface area contributed by atoms with E-state index in [4.69, 9.17) is 0 Å². The lowest BCUT2D eigenvalue weighted by Gasteiger charge is -2.08. The fraction of sp³-hybridized carbons (Fsp3) is 0.571. The van der Waals surface area contributed by atoms with Crippen LogP contribution in [0.5, 0.6) is 0 Å². The minimum Gasteiger partial charge on any atom is -0.313 e. The van der Waals surface area contributed by atoms with Crippen molar-refractivity contribution in [2.45, 2.75) is 32.0 Å². The van der Waals surface area contributed by atoms with E-state index in [9.17, 15) is 13.2 Å². The zero-order chi connectivity index (χ0) is 14.1. The molecule has 1 aromatic rings. The predicted molar refractivity (Wildman–Crippen MR) is 75.4 cm³/mol. The maximum atomic E-state index is 12.4. The molecule has 0 saturated carbocycles. The zero-order valence-electron chi connectivity index (χ0n) is 11.1. The predicted octanol–water partition coefficient (Wildman–Crippen LogP) is 4.33. The van der Waals surface area contributed by atoms with Gasteiger partial charge in [-0.05, 0) is 49.1 Å². The van der Waals surface area contributed by atoms with Gasteiger partial charge in [-0.1, -0.05) is 18.6 Å². The average Bonchev–Trinajstić information content (AvgIpc) is 2.37. The summed E-state index contributed by atoms with van der Waals surface area (Å²) in [4.78, 5) is 0. The Morgan fingerprint density at radius 1 is 1.05 bits per heavy atom. The molecule has 0 aromatic heterocycles. The Morgan fingerprint density at radius 3 is 2.32 bits per heavy atom. The molecule has 0 atom stereocenters. The number of unbranched alkanes of at least 4 members (excludes halogenated alkanes) is 2. The molecule has 0 amide bonds. The molecule has 1 aromatic carbocycles. The number of hydrogen-bond acceptors (Lipinski definition) is 2. The molecule has 108 valence electrons. The van der Waals surface area contributed by atoms with Gasteiger partial charge in [-0.15, -0.1) is 0 Å². The Kier molecular flexibility index (Phi) is 7.31. The second-order valence-electron chi connectivity index (χ2n) is 4.42. The van der Waals surface area contributed by atoms with E-state index >= 15 is 0 Å². The minimum absolute atomic E-state index is 0.590. The molecule has 1 N–H and O–H groups in total. The van der Waals surface area contributed by atoms with Gasteiger partial charge >= 0.3 is 6.18 Å². The van der Waals surface area contributed by atoms with E-state index in [-0.39, 0.29) is 0 Å². The molecule has 0 spiro atoms. The largest absolute Gasteiger partial charge is 0.416 e. The average molecular weight is 291 g/mol. The normalized spacial score (nSPS) is 11.8. The molecule has 0 saturated heterocycles. The summed E-state index contributed by atoms with van der Waals surface area (Å²) in [6.45, 7) is 1.54. The molecule has 5 heteroatoms. The van der Waals surface area contributed by atoms with Crippen LogP contribution in [0.4, 0.5) is 13.2 Å². The van der Waals surface area contributed by atoms with E-state index in [1.807, 2.05) is 11.8 Å². The van der Waals surface area contributed by atoms with Gasteiger partial charge in [0.1, 0.15) is 0 Å². The minimum atomic E-state index is -4.25. The van der Waals surface area contributed by atoms with Crippen LogP contribution >= 0.6 is 11.8 Å². The Hall–Kier alpha value is -0.680. The fourth-order valence-electron chi connectivity index (χ4n) is 1.72. The van der Waals surface area contributed by atoms with Crippen LogP contribution < -0.4 is 5.32 Å². The number of nitrogens with one attached hydrogen (secondary N) is 1. The van der Waals surface area contributed by atoms with Crippen LogP contribution in [0.15, 0.2) is 24.3 Å². The van der Waals surface area contributed by atoms with Crippen LogP contribution in [-0.2, 0) is 12.7 Å². The van der Waals surface area contributed by atoms with Crippen molar-refractivity contribution in [3.05, 3.63) is 35.4 Å². The molecule has 19 heavy (non-hydrogen) atoms. The third kappa shape index (κ3) is 6.87.